The summed E-state index contributed by atoms with van der Waals surface area (Å²) < 4.78 is 0. The van der Waals surface area contributed by atoms with Crippen LogP contribution in [0.4, 0.5) is 0 Å². The van der Waals surface area contributed by atoms with E-state index in [4.69, 9.17) is 0 Å². The zero-order chi connectivity index (χ0) is 12.3. The molecule has 17 heavy (non-hydrogen) atoms. The number of thiophene rings is 1. The molecule has 1 aromatic heterocycles. The van der Waals surface area contributed by atoms with E-state index in [1.165, 1.54) is 24.3 Å². The second kappa shape index (κ2) is 5.98. The summed E-state index contributed by atoms with van der Waals surface area (Å²) in [6, 6.07) is 6.41. The molecule has 1 fully saturated rings. The van der Waals surface area contributed by atoms with E-state index in [1.54, 1.807) is 0 Å². The van der Waals surface area contributed by atoms with Crippen LogP contribution >= 0.6 is 11.3 Å². The van der Waals surface area contributed by atoms with E-state index in [0.29, 0.717) is 18.1 Å². The van der Waals surface area contributed by atoms with Crippen LogP contribution in [0.25, 0.3) is 0 Å². The highest BCUT2D eigenvalue weighted by Crippen LogP contribution is 2.19. The fourth-order valence-electron chi connectivity index (χ4n) is 2.74. The van der Waals surface area contributed by atoms with E-state index in [0.717, 1.165) is 6.54 Å². The molecule has 0 bridgehead atoms. The van der Waals surface area contributed by atoms with Crippen molar-refractivity contribution in [2.75, 3.05) is 13.1 Å². The summed E-state index contributed by atoms with van der Waals surface area (Å²) in [6.45, 7) is 9.29. The van der Waals surface area contributed by atoms with Crippen LogP contribution in [-0.4, -0.2) is 36.1 Å². The first-order chi connectivity index (χ1) is 8.20. The number of nitrogens with one attached hydrogen (secondary N) is 1. The number of piperazine rings is 1. The Kier molecular flexibility index (Phi) is 4.60. The smallest absolute Gasteiger partial charge is 0.0221 e. The molecule has 2 rings (SSSR count). The van der Waals surface area contributed by atoms with Crippen molar-refractivity contribution >= 4 is 11.3 Å². The van der Waals surface area contributed by atoms with E-state index in [2.05, 4.69) is 48.5 Å². The summed E-state index contributed by atoms with van der Waals surface area (Å²) in [6.07, 6.45) is 2.44. The molecule has 0 aliphatic carbocycles. The van der Waals surface area contributed by atoms with Crippen molar-refractivity contribution in [2.24, 2.45) is 0 Å². The summed E-state index contributed by atoms with van der Waals surface area (Å²) >= 11 is 1.88. The Balaban J connectivity index is 1.97. The molecule has 1 saturated heterocycles. The molecular formula is C14H24N2S. The van der Waals surface area contributed by atoms with Crippen LogP contribution in [0.5, 0.6) is 0 Å². The van der Waals surface area contributed by atoms with Crippen LogP contribution in [0.15, 0.2) is 17.5 Å². The maximum absolute atomic E-state index is 3.59. The first-order valence-electron chi connectivity index (χ1n) is 6.72. The monoisotopic (exact) mass is 252 g/mol. The van der Waals surface area contributed by atoms with Crippen LogP contribution in [0.2, 0.25) is 0 Å². The summed E-state index contributed by atoms with van der Waals surface area (Å²) in [7, 11) is 0. The molecule has 1 aliphatic heterocycles. The summed E-state index contributed by atoms with van der Waals surface area (Å²) in [5, 5.41) is 5.77. The highest BCUT2D eigenvalue weighted by Gasteiger charge is 2.28. The molecule has 96 valence electrons. The maximum atomic E-state index is 3.59. The predicted molar refractivity (Wildman–Crippen MR) is 75.7 cm³/mol. The Morgan fingerprint density at radius 2 is 2.41 bits per heavy atom. The predicted octanol–water partition coefficient (Wildman–Crippen LogP) is 2.75. The van der Waals surface area contributed by atoms with E-state index in [1.807, 2.05) is 11.3 Å². The lowest BCUT2D eigenvalue weighted by Gasteiger charge is -2.42. The van der Waals surface area contributed by atoms with Crippen molar-refractivity contribution in [2.45, 2.75) is 51.7 Å². The van der Waals surface area contributed by atoms with Gasteiger partial charge in [-0.15, -0.1) is 11.3 Å². The van der Waals surface area contributed by atoms with E-state index < -0.39 is 0 Å². The molecule has 3 atom stereocenters. The highest BCUT2D eigenvalue weighted by atomic mass is 32.1. The Hall–Kier alpha value is -0.380. The zero-order valence-electron chi connectivity index (χ0n) is 11.1. The average Bonchev–Trinajstić information content (AvgIpc) is 2.81. The van der Waals surface area contributed by atoms with Gasteiger partial charge in [-0.3, -0.25) is 4.90 Å². The van der Waals surface area contributed by atoms with Crippen LogP contribution < -0.4 is 5.32 Å². The van der Waals surface area contributed by atoms with Gasteiger partial charge in [0.15, 0.2) is 0 Å². The Bertz CT molecular complexity index is 323. The third kappa shape index (κ3) is 3.30. The lowest BCUT2D eigenvalue weighted by molar-refractivity contribution is 0.0908. The molecule has 0 amide bonds. The van der Waals surface area contributed by atoms with Gasteiger partial charge in [-0.25, -0.2) is 0 Å². The van der Waals surface area contributed by atoms with Crippen molar-refractivity contribution in [3.63, 3.8) is 0 Å². The lowest BCUT2D eigenvalue weighted by Crippen LogP contribution is -2.58. The molecule has 0 radical (unpaired) electrons. The number of nitrogens with zero attached hydrogens (tertiary/aromatic N) is 1. The minimum atomic E-state index is 0.628. The van der Waals surface area contributed by atoms with E-state index in [9.17, 15) is 0 Å². The van der Waals surface area contributed by atoms with Crippen molar-refractivity contribution in [3.8, 4) is 0 Å². The Labute approximate surface area is 109 Å². The SMILES string of the molecule is CCC1CNC(C)CN1C(C)Cc1cccs1. The minimum Gasteiger partial charge on any atom is -0.311 e. The normalized spacial score (nSPS) is 28.2. The van der Waals surface area contributed by atoms with Gasteiger partial charge in [0.1, 0.15) is 0 Å². The van der Waals surface area contributed by atoms with Gasteiger partial charge in [0.05, 0.1) is 0 Å². The molecular weight excluding hydrogens is 228 g/mol. The molecule has 1 aliphatic rings. The summed E-state index contributed by atoms with van der Waals surface area (Å²) in [4.78, 5) is 4.21. The Morgan fingerprint density at radius 3 is 3.06 bits per heavy atom. The van der Waals surface area contributed by atoms with Gasteiger partial charge >= 0.3 is 0 Å². The summed E-state index contributed by atoms with van der Waals surface area (Å²) in [5.74, 6) is 0. The summed E-state index contributed by atoms with van der Waals surface area (Å²) in [5.41, 5.74) is 0. The highest BCUT2D eigenvalue weighted by molar-refractivity contribution is 7.09. The molecule has 2 nitrogen and oxygen atoms in total. The second-order valence-corrected chi connectivity index (χ2v) is 6.23. The molecule has 2 heterocycles. The zero-order valence-corrected chi connectivity index (χ0v) is 12.0. The Morgan fingerprint density at radius 1 is 1.59 bits per heavy atom. The van der Waals surface area contributed by atoms with Gasteiger partial charge in [-0.1, -0.05) is 13.0 Å². The minimum absolute atomic E-state index is 0.628. The number of rotatable bonds is 4. The molecule has 0 spiro atoms. The van der Waals surface area contributed by atoms with Crippen molar-refractivity contribution in [1.29, 1.82) is 0 Å². The third-order valence-corrected chi connectivity index (χ3v) is 4.67. The molecule has 0 saturated carbocycles. The van der Waals surface area contributed by atoms with E-state index >= 15 is 0 Å². The lowest BCUT2D eigenvalue weighted by atomic mass is 10.0. The largest absolute Gasteiger partial charge is 0.311 e. The van der Waals surface area contributed by atoms with Crippen LogP contribution in [-0.2, 0) is 6.42 Å². The number of hydrogen-bond donors (Lipinski definition) is 1. The van der Waals surface area contributed by atoms with Gasteiger partial charge in [-0.2, -0.15) is 0 Å². The third-order valence-electron chi connectivity index (χ3n) is 3.77. The topological polar surface area (TPSA) is 15.3 Å². The van der Waals surface area contributed by atoms with Crippen LogP contribution in [0.1, 0.15) is 32.1 Å². The first kappa shape index (κ1) is 13.1. The molecule has 3 heteroatoms. The number of hydrogen-bond acceptors (Lipinski definition) is 3. The molecule has 3 unspecified atom stereocenters. The van der Waals surface area contributed by atoms with Gasteiger partial charge in [-0.05, 0) is 38.1 Å². The molecule has 0 aromatic carbocycles. The van der Waals surface area contributed by atoms with Gasteiger partial charge in [0, 0.05) is 36.1 Å². The molecule has 1 N–H and O–H groups in total. The van der Waals surface area contributed by atoms with Crippen molar-refractivity contribution < 1.29 is 0 Å². The fraction of sp³-hybridized carbons (Fsp3) is 0.714. The maximum Gasteiger partial charge on any atom is 0.0221 e. The van der Waals surface area contributed by atoms with Crippen LogP contribution in [0.3, 0.4) is 0 Å². The second-order valence-electron chi connectivity index (χ2n) is 5.20. The van der Waals surface area contributed by atoms with Crippen LogP contribution in [0, 0.1) is 0 Å². The average molecular weight is 252 g/mol. The molecule has 1 aromatic rings. The van der Waals surface area contributed by atoms with Gasteiger partial charge in [0.25, 0.3) is 0 Å². The first-order valence-corrected chi connectivity index (χ1v) is 7.60. The van der Waals surface area contributed by atoms with Crippen molar-refractivity contribution in [3.05, 3.63) is 22.4 Å². The quantitative estimate of drug-likeness (QED) is 0.886. The van der Waals surface area contributed by atoms with E-state index in [-0.39, 0.29) is 0 Å². The fourth-order valence-corrected chi connectivity index (χ4v) is 3.57. The van der Waals surface area contributed by atoms with Crippen molar-refractivity contribution in [1.82, 2.24) is 10.2 Å². The van der Waals surface area contributed by atoms with Gasteiger partial charge < -0.3 is 5.32 Å². The van der Waals surface area contributed by atoms with Gasteiger partial charge in [0.2, 0.25) is 0 Å². The standard InChI is InChI=1S/C14H24N2S/c1-4-13-9-15-11(2)10-16(13)12(3)8-14-6-5-7-17-14/h5-7,11-13,15H,4,8-10H2,1-3H3.